The third-order valence-corrected chi connectivity index (χ3v) is 5.37. The molecule has 170 valence electrons. The van der Waals surface area contributed by atoms with Crippen molar-refractivity contribution in [3.63, 3.8) is 0 Å². The van der Waals surface area contributed by atoms with Crippen molar-refractivity contribution in [2.24, 2.45) is 0 Å². The van der Waals surface area contributed by atoms with Crippen LogP contribution in [-0.4, -0.2) is 66.9 Å². The summed E-state index contributed by atoms with van der Waals surface area (Å²) in [5, 5.41) is 8.55. The Morgan fingerprint density at radius 1 is 1.09 bits per heavy atom. The molecule has 0 unspecified atom stereocenters. The molecular weight excluding hydrogens is 414 g/mol. The van der Waals surface area contributed by atoms with Gasteiger partial charge in [-0.3, -0.25) is 10.0 Å². The van der Waals surface area contributed by atoms with E-state index in [4.69, 9.17) is 25.6 Å². The molecule has 0 atom stereocenters. The van der Waals surface area contributed by atoms with Gasteiger partial charge in [-0.25, -0.2) is 25.4 Å². The molecule has 1 amide bonds. The minimum atomic E-state index is -0.350. The van der Waals surface area contributed by atoms with Crippen LogP contribution in [0.1, 0.15) is 32.1 Å². The lowest BCUT2D eigenvalue weighted by Gasteiger charge is -2.27. The molecule has 1 aliphatic heterocycles. The van der Waals surface area contributed by atoms with Gasteiger partial charge in [0, 0.05) is 44.0 Å². The molecule has 0 radical (unpaired) electrons. The maximum Gasteiger partial charge on any atom is 0.243 e. The monoisotopic (exact) mass is 441 g/mol. The summed E-state index contributed by atoms with van der Waals surface area (Å²) in [5.41, 5.74) is 10.2. The van der Waals surface area contributed by atoms with E-state index < -0.39 is 0 Å². The number of imidazole rings is 1. The molecular formula is C20H27N9O3. The van der Waals surface area contributed by atoms with E-state index in [0.29, 0.717) is 36.8 Å². The molecule has 32 heavy (non-hydrogen) atoms. The van der Waals surface area contributed by atoms with Gasteiger partial charge in [-0.1, -0.05) is 12.8 Å². The molecule has 0 bridgehead atoms. The van der Waals surface area contributed by atoms with Crippen LogP contribution < -0.4 is 16.1 Å². The Morgan fingerprint density at radius 2 is 1.84 bits per heavy atom. The summed E-state index contributed by atoms with van der Waals surface area (Å²) in [5.74, 6) is 0.482. The number of hydrogen-bond donors (Lipinski definition) is 3. The molecule has 12 nitrogen and oxygen atoms in total. The van der Waals surface area contributed by atoms with Gasteiger partial charge in [-0.05, 0) is 12.8 Å². The van der Waals surface area contributed by atoms with Crippen LogP contribution in [0.15, 0.2) is 18.7 Å². The zero-order valence-electron chi connectivity index (χ0n) is 17.8. The number of unbranched alkanes of at least 4 members (excludes halogenated alkanes) is 3. The topological polar surface area (TPSA) is 157 Å². The van der Waals surface area contributed by atoms with Crippen LogP contribution in [-0.2, 0) is 16.1 Å². The van der Waals surface area contributed by atoms with Gasteiger partial charge in [-0.15, -0.1) is 0 Å². The first-order valence-electron chi connectivity index (χ1n) is 10.7. The Bertz CT molecular complexity index is 1050. The van der Waals surface area contributed by atoms with Crippen molar-refractivity contribution in [3.8, 4) is 11.3 Å². The molecule has 0 aromatic carbocycles. The lowest BCUT2D eigenvalue weighted by molar-refractivity contribution is -0.129. The first-order chi connectivity index (χ1) is 15.7. The minimum Gasteiger partial charge on any atom is -0.378 e. The molecule has 0 aliphatic carbocycles. The van der Waals surface area contributed by atoms with E-state index >= 15 is 0 Å². The fourth-order valence-electron chi connectivity index (χ4n) is 3.64. The van der Waals surface area contributed by atoms with Crippen molar-refractivity contribution in [2.45, 2.75) is 38.6 Å². The number of nitrogens with one attached hydrogen (secondary N) is 1. The number of carbonyl (C=O) groups excluding carboxylic acids is 1. The number of aryl methyl sites for hydroxylation is 1. The van der Waals surface area contributed by atoms with E-state index in [1.807, 2.05) is 4.57 Å². The molecule has 1 aliphatic rings. The third-order valence-electron chi connectivity index (χ3n) is 5.37. The van der Waals surface area contributed by atoms with Gasteiger partial charge in [0.1, 0.15) is 11.2 Å². The standard InChI is InChI=1S/C20H27N9O3/c21-19-22-11-14(12-23-19)16-17-18(26-20(25-16)28-7-9-32-10-8-28)29(13-24-17)6-4-2-1-3-5-15(30)27-31/h11-13,31H,1-10H2,(H,27,30)(H2,21,22,23). The average Bonchev–Trinajstić information content (AvgIpc) is 3.24. The van der Waals surface area contributed by atoms with Crippen molar-refractivity contribution in [2.75, 3.05) is 36.9 Å². The zero-order chi connectivity index (χ0) is 22.3. The van der Waals surface area contributed by atoms with Crippen LogP contribution in [0.3, 0.4) is 0 Å². The molecule has 4 heterocycles. The van der Waals surface area contributed by atoms with Crippen LogP contribution in [0.4, 0.5) is 11.9 Å². The smallest absolute Gasteiger partial charge is 0.243 e. The number of rotatable bonds is 9. The van der Waals surface area contributed by atoms with Crippen LogP contribution in [0.25, 0.3) is 22.4 Å². The van der Waals surface area contributed by atoms with Crippen molar-refractivity contribution < 1.29 is 14.7 Å². The number of nitrogen functional groups attached to an aromatic ring is 1. The van der Waals surface area contributed by atoms with Gasteiger partial charge in [-0.2, -0.15) is 4.98 Å². The quantitative estimate of drug-likeness (QED) is 0.250. The number of morpholine rings is 1. The number of aromatic nitrogens is 6. The number of nitrogens with zero attached hydrogens (tertiary/aromatic N) is 7. The predicted molar refractivity (Wildman–Crippen MR) is 117 cm³/mol. The first kappa shape index (κ1) is 21.8. The van der Waals surface area contributed by atoms with Crippen LogP contribution in [0.5, 0.6) is 0 Å². The lowest BCUT2D eigenvalue weighted by atomic mass is 10.1. The second-order valence-electron chi connectivity index (χ2n) is 7.61. The number of hydroxylamine groups is 1. The molecule has 12 heteroatoms. The summed E-state index contributed by atoms with van der Waals surface area (Å²) in [7, 11) is 0. The number of amides is 1. The molecule has 4 N–H and O–H groups in total. The maximum absolute atomic E-state index is 11.1. The van der Waals surface area contributed by atoms with Crippen LogP contribution in [0, 0.1) is 0 Å². The number of ether oxygens (including phenoxy) is 1. The second kappa shape index (κ2) is 10.3. The summed E-state index contributed by atoms with van der Waals surface area (Å²) in [6.45, 7) is 3.46. The van der Waals surface area contributed by atoms with E-state index in [2.05, 4.69) is 19.9 Å². The van der Waals surface area contributed by atoms with Crippen molar-refractivity contribution in [1.82, 2.24) is 35.0 Å². The molecule has 4 rings (SSSR count). The average molecular weight is 441 g/mol. The largest absolute Gasteiger partial charge is 0.378 e. The Labute approximate surface area is 184 Å². The number of nitrogens with two attached hydrogens (primary N) is 1. The maximum atomic E-state index is 11.1. The second-order valence-corrected chi connectivity index (χ2v) is 7.61. The van der Waals surface area contributed by atoms with Crippen molar-refractivity contribution in [3.05, 3.63) is 18.7 Å². The summed E-state index contributed by atoms with van der Waals surface area (Å²) in [6, 6.07) is 0. The molecule has 1 fully saturated rings. The highest BCUT2D eigenvalue weighted by Gasteiger charge is 2.20. The van der Waals surface area contributed by atoms with Gasteiger partial charge >= 0.3 is 0 Å². The number of carbonyl (C=O) groups is 1. The molecule has 0 spiro atoms. The highest BCUT2D eigenvalue weighted by Crippen LogP contribution is 2.27. The summed E-state index contributed by atoms with van der Waals surface area (Å²) in [6.07, 6.45) is 8.92. The lowest BCUT2D eigenvalue weighted by Crippen LogP contribution is -2.37. The predicted octanol–water partition coefficient (Wildman–Crippen LogP) is 1.16. The van der Waals surface area contributed by atoms with Crippen molar-refractivity contribution in [1.29, 1.82) is 0 Å². The highest BCUT2D eigenvalue weighted by atomic mass is 16.5. The van der Waals surface area contributed by atoms with Gasteiger partial charge in [0.2, 0.25) is 17.8 Å². The molecule has 3 aromatic rings. The molecule has 0 saturated carbocycles. The van der Waals surface area contributed by atoms with E-state index in [1.165, 1.54) is 0 Å². The van der Waals surface area contributed by atoms with Crippen LogP contribution >= 0.6 is 0 Å². The van der Waals surface area contributed by atoms with Gasteiger partial charge in [0.15, 0.2) is 5.65 Å². The minimum absolute atomic E-state index is 0.203. The van der Waals surface area contributed by atoms with E-state index in [9.17, 15) is 4.79 Å². The SMILES string of the molecule is Nc1ncc(-c2nc(N3CCOCC3)nc3c2ncn3CCCCCCC(=O)NO)cn1. The van der Waals surface area contributed by atoms with Crippen molar-refractivity contribution >= 4 is 29.0 Å². The Balaban J connectivity index is 1.55. The van der Waals surface area contributed by atoms with E-state index in [1.54, 1.807) is 24.2 Å². The Kier molecular flexibility index (Phi) is 7.02. The third kappa shape index (κ3) is 5.08. The van der Waals surface area contributed by atoms with Gasteiger partial charge < -0.3 is 19.9 Å². The summed E-state index contributed by atoms with van der Waals surface area (Å²) in [4.78, 5) is 35.6. The van der Waals surface area contributed by atoms with Gasteiger partial charge in [0.05, 0.1) is 19.5 Å². The van der Waals surface area contributed by atoms with Crippen LogP contribution in [0.2, 0.25) is 0 Å². The normalized spacial score (nSPS) is 14.1. The number of anilines is 2. The summed E-state index contributed by atoms with van der Waals surface area (Å²) >= 11 is 0. The van der Waals surface area contributed by atoms with Gasteiger partial charge in [0.25, 0.3) is 0 Å². The fraction of sp³-hybridized carbons (Fsp3) is 0.500. The molecule has 1 saturated heterocycles. The Hall–Kier alpha value is -3.38. The van der Waals surface area contributed by atoms with E-state index in [0.717, 1.165) is 56.5 Å². The number of hydrogen-bond acceptors (Lipinski definition) is 10. The Morgan fingerprint density at radius 3 is 2.59 bits per heavy atom. The molecule has 3 aromatic heterocycles. The first-order valence-corrected chi connectivity index (χ1v) is 10.7. The number of fused-ring (bicyclic) bond motifs is 1. The highest BCUT2D eigenvalue weighted by molar-refractivity contribution is 5.88. The van der Waals surface area contributed by atoms with E-state index in [-0.39, 0.29) is 11.9 Å². The fourth-order valence-corrected chi connectivity index (χ4v) is 3.64. The zero-order valence-corrected chi connectivity index (χ0v) is 17.8. The summed E-state index contributed by atoms with van der Waals surface area (Å²) < 4.78 is 7.50.